The van der Waals surface area contributed by atoms with Crippen LogP contribution in [0, 0.1) is 0 Å². The van der Waals surface area contributed by atoms with Crippen LogP contribution < -0.4 is 0 Å². The predicted octanol–water partition coefficient (Wildman–Crippen LogP) is 6.98. The molecule has 0 unspecified atom stereocenters. The Morgan fingerprint density at radius 1 is 0.862 bits per heavy atom. The Bertz CT molecular complexity index is 1130. The molecule has 0 radical (unpaired) electrons. The third-order valence-electron chi connectivity index (χ3n) is 4.80. The summed E-state index contributed by atoms with van der Waals surface area (Å²) in [7, 11) is 0. The monoisotopic (exact) mass is 400 g/mol. The fourth-order valence-corrected chi connectivity index (χ4v) is 3.69. The average molecular weight is 401 g/mol. The molecule has 0 aliphatic rings. The van der Waals surface area contributed by atoms with E-state index in [1.54, 1.807) is 4.57 Å². The van der Waals surface area contributed by atoms with E-state index < -0.39 is 0 Å². The molecule has 0 aliphatic heterocycles. The number of carbonyl (C=O) groups is 1. The highest BCUT2D eigenvalue weighted by atomic mass is 35.5. The van der Waals surface area contributed by atoms with Gasteiger partial charge >= 0.3 is 0 Å². The minimum absolute atomic E-state index is 0.0101. The van der Waals surface area contributed by atoms with Gasteiger partial charge in [-0.25, -0.2) is 4.98 Å². The van der Waals surface area contributed by atoms with E-state index in [0.717, 1.165) is 34.5 Å². The third kappa shape index (κ3) is 3.74. The van der Waals surface area contributed by atoms with Crippen molar-refractivity contribution in [1.82, 2.24) is 9.55 Å². The van der Waals surface area contributed by atoms with Crippen molar-refractivity contribution < 1.29 is 4.79 Å². The first kappa shape index (κ1) is 19.2. The molecule has 1 heterocycles. The summed E-state index contributed by atoms with van der Waals surface area (Å²) < 4.78 is 1.74. The summed E-state index contributed by atoms with van der Waals surface area (Å²) in [6, 6.07) is 27.4. The van der Waals surface area contributed by atoms with Crippen molar-refractivity contribution in [1.29, 1.82) is 0 Å². The molecule has 4 rings (SSSR count). The molecule has 0 aliphatic carbocycles. The SMILES string of the molecule is CCCC(=O)n1c(-c2ccccc2Cl)nc(-c2ccccc2)c1-c1ccccc1. The quantitative estimate of drug-likeness (QED) is 0.362. The lowest BCUT2D eigenvalue weighted by Crippen LogP contribution is -2.13. The summed E-state index contributed by atoms with van der Waals surface area (Å²) in [5.41, 5.74) is 4.23. The van der Waals surface area contributed by atoms with Crippen molar-refractivity contribution in [3.8, 4) is 33.9 Å². The van der Waals surface area contributed by atoms with Crippen LogP contribution in [0.15, 0.2) is 84.9 Å². The van der Waals surface area contributed by atoms with Crippen molar-refractivity contribution in [2.75, 3.05) is 0 Å². The van der Waals surface area contributed by atoms with Gasteiger partial charge in [-0.05, 0) is 18.6 Å². The Kier molecular flexibility index (Phi) is 5.59. The Morgan fingerprint density at radius 3 is 2.07 bits per heavy atom. The molecule has 0 amide bonds. The van der Waals surface area contributed by atoms with Crippen LogP contribution in [0.1, 0.15) is 24.6 Å². The normalized spacial score (nSPS) is 10.8. The summed E-state index contributed by atoms with van der Waals surface area (Å²) in [5.74, 6) is 0.586. The van der Waals surface area contributed by atoms with E-state index >= 15 is 0 Å². The maximum atomic E-state index is 13.3. The van der Waals surface area contributed by atoms with Crippen LogP contribution in [0.4, 0.5) is 0 Å². The maximum Gasteiger partial charge on any atom is 0.232 e. The minimum atomic E-state index is 0.0101. The second kappa shape index (κ2) is 8.46. The summed E-state index contributed by atoms with van der Waals surface area (Å²) in [5, 5.41) is 0.572. The van der Waals surface area contributed by atoms with E-state index in [0.29, 0.717) is 17.3 Å². The summed E-state index contributed by atoms with van der Waals surface area (Å²) in [6.07, 6.45) is 1.19. The highest BCUT2D eigenvalue weighted by molar-refractivity contribution is 6.33. The number of aromatic nitrogens is 2. The molecule has 0 saturated heterocycles. The highest BCUT2D eigenvalue weighted by Gasteiger charge is 2.25. The lowest BCUT2D eigenvalue weighted by Gasteiger charge is -2.12. The molecule has 0 atom stereocenters. The summed E-state index contributed by atoms with van der Waals surface area (Å²) in [4.78, 5) is 18.2. The largest absolute Gasteiger partial charge is 0.274 e. The molecule has 0 bridgehead atoms. The second-order valence-electron chi connectivity index (χ2n) is 6.82. The second-order valence-corrected chi connectivity index (χ2v) is 7.23. The first-order valence-corrected chi connectivity index (χ1v) is 10.1. The van der Waals surface area contributed by atoms with Crippen LogP contribution in [-0.4, -0.2) is 15.5 Å². The van der Waals surface area contributed by atoms with Gasteiger partial charge in [-0.2, -0.15) is 0 Å². The van der Waals surface area contributed by atoms with Crippen molar-refractivity contribution >= 4 is 17.5 Å². The topological polar surface area (TPSA) is 34.9 Å². The van der Waals surface area contributed by atoms with Crippen LogP contribution in [0.5, 0.6) is 0 Å². The molecule has 144 valence electrons. The van der Waals surface area contributed by atoms with Gasteiger partial charge in [0.15, 0.2) is 0 Å². The Morgan fingerprint density at radius 2 is 1.45 bits per heavy atom. The number of benzene rings is 3. The molecule has 3 nitrogen and oxygen atoms in total. The van der Waals surface area contributed by atoms with Crippen LogP contribution in [0.3, 0.4) is 0 Å². The predicted molar refractivity (Wildman–Crippen MR) is 119 cm³/mol. The molecule has 1 aromatic heterocycles. The first-order valence-electron chi connectivity index (χ1n) is 9.72. The minimum Gasteiger partial charge on any atom is -0.274 e. The molecule has 0 fully saturated rings. The van der Waals surface area contributed by atoms with Gasteiger partial charge in [-0.1, -0.05) is 91.3 Å². The number of imidazole rings is 1. The third-order valence-corrected chi connectivity index (χ3v) is 5.13. The fourth-order valence-electron chi connectivity index (χ4n) is 3.47. The van der Waals surface area contributed by atoms with Gasteiger partial charge in [0.25, 0.3) is 0 Å². The lowest BCUT2D eigenvalue weighted by molar-refractivity contribution is 0.0905. The van der Waals surface area contributed by atoms with Gasteiger partial charge in [0, 0.05) is 23.1 Å². The standard InChI is InChI=1S/C25H21ClN2O/c1-2-11-22(29)28-24(19-14-7-4-8-15-19)23(18-12-5-3-6-13-18)27-25(28)20-16-9-10-17-21(20)26/h3-10,12-17H,2,11H2,1H3. The van der Waals surface area contributed by atoms with Gasteiger partial charge in [0.2, 0.25) is 5.91 Å². The van der Waals surface area contributed by atoms with E-state index in [9.17, 15) is 4.79 Å². The van der Waals surface area contributed by atoms with Gasteiger partial charge in [0.05, 0.1) is 16.4 Å². The molecule has 3 aromatic carbocycles. The molecule has 0 saturated carbocycles. The van der Waals surface area contributed by atoms with Gasteiger partial charge in [0.1, 0.15) is 5.82 Å². The van der Waals surface area contributed by atoms with Crippen LogP contribution in [0.25, 0.3) is 33.9 Å². The zero-order chi connectivity index (χ0) is 20.2. The fraction of sp³-hybridized carbons (Fsp3) is 0.120. The van der Waals surface area contributed by atoms with Crippen molar-refractivity contribution in [2.45, 2.75) is 19.8 Å². The zero-order valence-corrected chi connectivity index (χ0v) is 16.9. The number of nitrogens with zero attached hydrogens (tertiary/aromatic N) is 2. The van der Waals surface area contributed by atoms with Gasteiger partial charge in [-0.3, -0.25) is 9.36 Å². The first-order chi connectivity index (χ1) is 14.2. The average Bonchev–Trinajstić information content (AvgIpc) is 3.16. The highest BCUT2D eigenvalue weighted by Crippen LogP contribution is 2.38. The number of carbonyl (C=O) groups excluding carboxylic acids is 1. The number of hydrogen-bond acceptors (Lipinski definition) is 2. The molecular weight excluding hydrogens is 380 g/mol. The van der Waals surface area contributed by atoms with Gasteiger partial charge in [-0.15, -0.1) is 0 Å². The molecule has 0 spiro atoms. The maximum absolute atomic E-state index is 13.3. The van der Waals surface area contributed by atoms with E-state index in [1.165, 1.54) is 0 Å². The smallest absolute Gasteiger partial charge is 0.232 e. The lowest BCUT2D eigenvalue weighted by atomic mass is 10.0. The molecule has 29 heavy (non-hydrogen) atoms. The van der Waals surface area contributed by atoms with Crippen LogP contribution in [0.2, 0.25) is 5.02 Å². The van der Waals surface area contributed by atoms with Crippen molar-refractivity contribution in [2.24, 2.45) is 0 Å². The van der Waals surface area contributed by atoms with E-state index in [1.807, 2.05) is 91.9 Å². The van der Waals surface area contributed by atoms with E-state index in [4.69, 9.17) is 16.6 Å². The summed E-state index contributed by atoms with van der Waals surface area (Å²) in [6.45, 7) is 2.00. The molecule has 4 heteroatoms. The molecule has 0 N–H and O–H groups in total. The van der Waals surface area contributed by atoms with Crippen molar-refractivity contribution in [3.05, 3.63) is 90.0 Å². The van der Waals surface area contributed by atoms with Gasteiger partial charge < -0.3 is 0 Å². The molecule has 4 aromatic rings. The zero-order valence-electron chi connectivity index (χ0n) is 16.2. The van der Waals surface area contributed by atoms with E-state index in [-0.39, 0.29) is 5.91 Å². The van der Waals surface area contributed by atoms with Crippen LogP contribution >= 0.6 is 11.6 Å². The Hall–Kier alpha value is -3.17. The number of hydrogen-bond donors (Lipinski definition) is 0. The van der Waals surface area contributed by atoms with Crippen molar-refractivity contribution in [3.63, 3.8) is 0 Å². The Labute approximate surface area is 175 Å². The number of halogens is 1. The van der Waals surface area contributed by atoms with E-state index in [2.05, 4.69) is 0 Å². The molecular formula is C25H21ClN2O. The van der Waals surface area contributed by atoms with Crippen LogP contribution in [-0.2, 0) is 0 Å². The summed E-state index contributed by atoms with van der Waals surface area (Å²) >= 11 is 6.50. The number of rotatable bonds is 5. The Balaban J connectivity index is 2.08.